The summed E-state index contributed by atoms with van der Waals surface area (Å²) in [6, 6.07) is 13.9. The molecule has 0 fully saturated rings. The molecule has 2 aromatic rings. The average molecular weight is 435 g/mol. The predicted molar refractivity (Wildman–Crippen MR) is 119 cm³/mol. The zero-order chi connectivity index (χ0) is 22.1. The van der Waals surface area contributed by atoms with Crippen molar-refractivity contribution < 1.29 is 22.7 Å². The zero-order valence-corrected chi connectivity index (χ0v) is 18.7. The Morgan fingerprint density at radius 2 is 1.63 bits per heavy atom. The third-order valence-electron chi connectivity index (χ3n) is 4.55. The van der Waals surface area contributed by atoms with Crippen LogP contribution in [-0.2, 0) is 14.8 Å². The molecule has 30 heavy (non-hydrogen) atoms. The zero-order valence-electron chi connectivity index (χ0n) is 17.9. The van der Waals surface area contributed by atoms with Gasteiger partial charge in [-0.05, 0) is 54.8 Å². The fourth-order valence-electron chi connectivity index (χ4n) is 2.96. The number of carbonyl (C=O) groups excluding carboxylic acids is 1. The molecule has 0 aliphatic heterocycles. The lowest BCUT2D eigenvalue weighted by Gasteiger charge is -2.24. The van der Waals surface area contributed by atoms with Crippen LogP contribution in [0.4, 0.5) is 5.69 Å². The molecule has 0 radical (unpaired) electrons. The minimum atomic E-state index is -3.64. The standard InChI is InChI=1S/C22H30N2O5S/c1-5-15-29-20-13-9-18(10-14-20)24(30(4,26)27)16-22(25)23-21(6-2)17-7-11-19(28-3)12-8-17/h7-14,21H,5-6,15-16H2,1-4H3,(H,23,25). The Labute approximate surface area is 179 Å². The molecule has 0 heterocycles. The van der Waals surface area contributed by atoms with E-state index in [1.165, 1.54) is 0 Å². The lowest BCUT2D eigenvalue weighted by molar-refractivity contribution is -0.120. The predicted octanol–water partition coefficient (Wildman–Crippen LogP) is 3.52. The van der Waals surface area contributed by atoms with Crippen LogP contribution in [0.1, 0.15) is 38.3 Å². The topological polar surface area (TPSA) is 84.9 Å². The second-order valence-electron chi connectivity index (χ2n) is 6.91. The van der Waals surface area contributed by atoms with Crippen LogP contribution in [0.15, 0.2) is 48.5 Å². The van der Waals surface area contributed by atoms with Crippen molar-refractivity contribution in [3.05, 3.63) is 54.1 Å². The first-order valence-corrected chi connectivity index (χ1v) is 11.8. The van der Waals surface area contributed by atoms with Gasteiger partial charge in [0.15, 0.2) is 0 Å². The molecule has 7 nitrogen and oxygen atoms in total. The van der Waals surface area contributed by atoms with Crippen LogP contribution in [0.2, 0.25) is 0 Å². The summed E-state index contributed by atoms with van der Waals surface area (Å²) in [5.74, 6) is 1.01. The summed E-state index contributed by atoms with van der Waals surface area (Å²) >= 11 is 0. The molecule has 0 aromatic heterocycles. The Bertz CT molecular complexity index is 912. The Morgan fingerprint density at radius 3 is 2.13 bits per heavy atom. The number of nitrogens with zero attached hydrogens (tertiary/aromatic N) is 1. The second kappa shape index (κ2) is 10.9. The van der Waals surface area contributed by atoms with Crippen LogP contribution in [0.5, 0.6) is 11.5 Å². The average Bonchev–Trinajstić information content (AvgIpc) is 2.74. The molecule has 0 aliphatic carbocycles. The lowest BCUT2D eigenvalue weighted by Crippen LogP contribution is -2.41. The summed E-state index contributed by atoms with van der Waals surface area (Å²) < 4.78 is 36.4. The first kappa shape index (κ1) is 23.5. The van der Waals surface area contributed by atoms with Gasteiger partial charge in [-0.15, -0.1) is 0 Å². The molecule has 8 heteroatoms. The molecule has 2 aromatic carbocycles. The molecule has 1 N–H and O–H groups in total. The van der Waals surface area contributed by atoms with E-state index in [2.05, 4.69) is 5.32 Å². The van der Waals surface area contributed by atoms with Crippen molar-refractivity contribution >= 4 is 21.6 Å². The van der Waals surface area contributed by atoms with Crippen LogP contribution in [0, 0.1) is 0 Å². The summed E-state index contributed by atoms with van der Waals surface area (Å²) in [5.41, 5.74) is 1.34. The lowest BCUT2D eigenvalue weighted by atomic mass is 10.0. The van der Waals surface area contributed by atoms with Gasteiger partial charge in [-0.2, -0.15) is 0 Å². The van der Waals surface area contributed by atoms with Crippen molar-refractivity contribution in [2.24, 2.45) is 0 Å². The molecule has 2 rings (SSSR count). The van der Waals surface area contributed by atoms with Gasteiger partial charge in [-0.25, -0.2) is 8.42 Å². The van der Waals surface area contributed by atoms with Gasteiger partial charge in [0.1, 0.15) is 18.0 Å². The minimum absolute atomic E-state index is 0.227. The summed E-state index contributed by atoms with van der Waals surface area (Å²) in [6.45, 7) is 4.24. The second-order valence-corrected chi connectivity index (χ2v) is 8.82. The first-order valence-electron chi connectivity index (χ1n) is 9.92. The van der Waals surface area contributed by atoms with Crippen LogP contribution < -0.4 is 19.1 Å². The highest BCUT2D eigenvalue weighted by molar-refractivity contribution is 7.92. The Hall–Kier alpha value is -2.74. The Balaban J connectivity index is 2.12. The van der Waals surface area contributed by atoms with Crippen molar-refractivity contribution in [2.75, 3.05) is 30.8 Å². The summed E-state index contributed by atoms with van der Waals surface area (Å²) in [5, 5.41) is 2.92. The first-order chi connectivity index (χ1) is 14.3. The monoisotopic (exact) mass is 434 g/mol. The highest BCUT2D eigenvalue weighted by Gasteiger charge is 2.22. The normalized spacial score (nSPS) is 12.1. The number of hydrogen-bond donors (Lipinski definition) is 1. The Kier molecular flexibility index (Phi) is 8.53. The van der Waals surface area contributed by atoms with Gasteiger partial charge >= 0.3 is 0 Å². The van der Waals surface area contributed by atoms with E-state index < -0.39 is 10.0 Å². The molecule has 1 atom stereocenters. The highest BCUT2D eigenvalue weighted by atomic mass is 32.2. The molecule has 1 unspecified atom stereocenters. The SMILES string of the molecule is CCCOc1ccc(N(CC(=O)NC(CC)c2ccc(OC)cc2)S(C)(=O)=O)cc1. The van der Waals surface area contributed by atoms with E-state index in [1.807, 2.05) is 38.1 Å². The third-order valence-corrected chi connectivity index (χ3v) is 5.69. The highest BCUT2D eigenvalue weighted by Crippen LogP contribution is 2.23. The number of rotatable bonds is 11. The van der Waals surface area contributed by atoms with E-state index in [1.54, 1.807) is 31.4 Å². The van der Waals surface area contributed by atoms with Gasteiger partial charge in [0, 0.05) is 0 Å². The number of anilines is 1. The summed E-state index contributed by atoms with van der Waals surface area (Å²) in [4.78, 5) is 12.7. The van der Waals surface area contributed by atoms with Crippen molar-refractivity contribution in [3.8, 4) is 11.5 Å². The van der Waals surface area contributed by atoms with E-state index in [9.17, 15) is 13.2 Å². The minimum Gasteiger partial charge on any atom is -0.497 e. The Morgan fingerprint density at radius 1 is 1.03 bits per heavy atom. The number of benzene rings is 2. The molecular formula is C22H30N2O5S. The van der Waals surface area contributed by atoms with E-state index in [4.69, 9.17) is 9.47 Å². The smallest absolute Gasteiger partial charge is 0.241 e. The van der Waals surface area contributed by atoms with Gasteiger partial charge in [-0.1, -0.05) is 26.0 Å². The molecular weight excluding hydrogens is 404 g/mol. The van der Waals surface area contributed by atoms with Gasteiger partial charge in [0.2, 0.25) is 15.9 Å². The van der Waals surface area contributed by atoms with Crippen molar-refractivity contribution in [2.45, 2.75) is 32.7 Å². The maximum Gasteiger partial charge on any atom is 0.241 e. The van der Waals surface area contributed by atoms with Gasteiger partial charge in [-0.3, -0.25) is 9.10 Å². The third kappa shape index (κ3) is 6.66. The number of carbonyl (C=O) groups is 1. The number of ether oxygens (including phenoxy) is 2. The number of sulfonamides is 1. The maximum atomic E-state index is 12.7. The molecule has 0 bridgehead atoms. The van der Waals surface area contributed by atoms with Gasteiger partial charge in [0.25, 0.3) is 0 Å². The number of hydrogen-bond acceptors (Lipinski definition) is 5. The fraction of sp³-hybridized carbons (Fsp3) is 0.409. The van der Waals surface area contributed by atoms with E-state index in [-0.39, 0.29) is 18.5 Å². The van der Waals surface area contributed by atoms with E-state index in [0.717, 1.165) is 28.3 Å². The molecule has 0 saturated heterocycles. The van der Waals surface area contributed by atoms with Gasteiger partial charge in [0.05, 0.1) is 31.7 Å². The molecule has 1 amide bonds. The number of methoxy groups -OCH3 is 1. The van der Waals surface area contributed by atoms with Crippen LogP contribution in [0.25, 0.3) is 0 Å². The molecule has 164 valence electrons. The van der Waals surface area contributed by atoms with Crippen molar-refractivity contribution in [1.29, 1.82) is 0 Å². The number of nitrogens with one attached hydrogen (secondary N) is 1. The number of amides is 1. The van der Waals surface area contributed by atoms with Crippen molar-refractivity contribution in [1.82, 2.24) is 5.32 Å². The maximum absolute atomic E-state index is 12.7. The quantitative estimate of drug-likeness (QED) is 0.585. The van der Waals surface area contributed by atoms with E-state index in [0.29, 0.717) is 24.5 Å². The summed E-state index contributed by atoms with van der Waals surface area (Å²) in [6.07, 6.45) is 2.63. The summed E-state index contributed by atoms with van der Waals surface area (Å²) in [7, 11) is -2.05. The van der Waals surface area contributed by atoms with Crippen LogP contribution in [0.3, 0.4) is 0 Å². The molecule has 0 aliphatic rings. The largest absolute Gasteiger partial charge is 0.497 e. The van der Waals surface area contributed by atoms with Crippen molar-refractivity contribution in [3.63, 3.8) is 0 Å². The van der Waals surface area contributed by atoms with Gasteiger partial charge < -0.3 is 14.8 Å². The van der Waals surface area contributed by atoms with Crippen LogP contribution in [-0.4, -0.2) is 40.8 Å². The molecule has 0 spiro atoms. The molecule has 0 saturated carbocycles. The fourth-order valence-corrected chi connectivity index (χ4v) is 3.81. The van der Waals surface area contributed by atoms with Crippen LogP contribution >= 0.6 is 0 Å². The van der Waals surface area contributed by atoms with E-state index >= 15 is 0 Å².